The Hall–Kier alpha value is -1.87. The number of methoxy groups -OCH3 is 1. The van der Waals surface area contributed by atoms with Crippen molar-refractivity contribution in [2.24, 2.45) is 5.73 Å². The van der Waals surface area contributed by atoms with Gasteiger partial charge in [0.05, 0.1) is 12.6 Å². The maximum Gasteiger partial charge on any atom is 0.119 e. The highest BCUT2D eigenvalue weighted by Crippen LogP contribution is 2.42. The molecule has 0 aliphatic heterocycles. The van der Waals surface area contributed by atoms with Crippen LogP contribution in [0.5, 0.6) is 5.75 Å². The SMILES string of the molecule is COc1ccc2c(c1)C(N)(c1cnccc1C)CC2. The first-order valence-electron chi connectivity index (χ1n) is 6.52. The van der Waals surface area contributed by atoms with E-state index in [0.29, 0.717) is 0 Å². The molecule has 2 N–H and O–H groups in total. The van der Waals surface area contributed by atoms with E-state index in [1.165, 1.54) is 16.7 Å². The summed E-state index contributed by atoms with van der Waals surface area (Å²) in [5, 5.41) is 0. The van der Waals surface area contributed by atoms with Crippen LogP contribution in [0.15, 0.2) is 36.7 Å². The van der Waals surface area contributed by atoms with Crippen molar-refractivity contribution in [3.63, 3.8) is 0 Å². The highest BCUT2D eigenvalue weighted by molar-refractivity contribution is 5.50. The molecule has 3 heteroatoms. The van der Waals surface area contributed by atoms with Crippen LogP contribution >= 0.6 is 0 Å². The standard InChI is InChI=1S/C16H18N2O/c1-11-6-8-18-10-15(11)16(17)7-5-12-3-4-13(19-2)9-14(12)16/h3-4,6,8-10H,5,7,17H2,1-2H3. The molecule has 0 fully saturated rings. The zero-order valence-corrected chi connectivity index (χ0v) is 11.3. The van der Waals surface area contributed by atoms with Crippen LogP contribution < -0.4 is 10.5 Å². The summed E-state index contributed by atoms with van der Waals surface area (Å²) in [4.78, 5) is 4.24. The number of benzene rings is 1. The van der Waals surface area contributed by atoms with Crippen molar-refractivity contribution >= 4 is 0 Å². The van der Waals surface area contributed by atoms with Gasteiger partial charge in [-0.05, 0) is 60.2 Å². The topological polar surface area (TPSA) is 48.1 Å². The number of hydrogen-bond acceptors (Lipinski definition) is 3. The average Bonchev–Trinajstić information content (AvgIpc) is 2.77. The Morgan fingerprint density at radius 1 is 1.26 bits per heavy atom. The summed E-state index contributed by atoms with van der Waals surface area (Å²) in [5.41, 5.74) is 11.1. The van der Waals surface area contributed by atoms with Crippen molar-refractivity contribution in [2.75, 3.05) is 7.11 Å². The third kappa shape index (κ3) is 1.81. The predicted molar refractivity (Wildman–Crippen MR) is 75.3 cm³/mol. The van der Waals surface area contributed by atoms with Crippen LogP contribution in [0.4, 0.5) is 0 Å². The molecule has 0 amide bonds. The number of rotatable bonds is 2. The van der Waals surface area contributed by atoms with Crippen molar-refractivity contribution in [3.8, 4) is 5.75 Å². The minimum Gasteiger partial charge on any atom is -0.497 e. The number of aryl methyl sites for hydroxylation is 2. The fourth-order valence-corrected chi connectivity index (χ4v) is 2.99. The molecule has 0 saturated carbocycles. The second-order valence-electron chi connectivity index (χ2n) is 5.19. The van der Waals surface area contributed by atoms with E-state index in [1.54, 1.807) is 7.11 Å². The minimum atomic E-state index is -0.442. The summed E-state index contributed by atoms with van der Waals surface area (Å²) in [5.74, 6) is 0.858. The molecule has 0 radical (unpaired) electrons. The Morgan fingerprint density at radius 3 is 2.84 bits per heavy atom. The summed E-state index contributed by atoms with van der Waals surface area (Å²) in [6.45, 7) is 2.09. The Kier molecular flexibility index (Phi) is 2.79. The number of ether oxygens (including phenoxy) is 1. The number of fused-ring (bicyclic) bond motifs is 1. The van der Waals surface area contributed by atoms with Gasteiger partial charge in [0.25, 0.3) is 0 Å². The smallest absolute Gasteiger partial charge is 0.119 e. The lowest BCUT2D eigenvalue weighted by molar-refractivity contribution is 0.412. The van der Waals surface area contributed by atoms with E-state index in [1.807, 2.05) is 24.5 Å². The highest BCUT2D eigenvalue weighted by atomic mass is 16.5. The van der Waals surface area contributed by atoms with Crippen LogP contribution in [0.3, 0.4) is 0 Å². The van der Waals surface area contributed by atoms with E-state index < -0.39 is 5.54 Å². The first kappa shape index (κ1) is 12.2. The maximum atomic E-state index is 6.72. The van der Waals surface area contributed by atoms with Crippen molar-refractivity contribution in [2.45, 2.75) is 25.3 Å². The fraction of sp³-hybridized carbons (Fsp3) is 0.312. The molecule has 1 aliphatic rings. The number of pyridine rings is 1. The Morgan fingerprint density at radius 2 is 2.11 bits per heavy atom. The van der Waals surface area contributed by atoms with Gasteiger partial charge >= 0.3 is 0 Å². The third-order valence-corrected chi connectivity index (χ3v) is 4.11. The molecular formula is C16H18N2O. The normalized spacial score (nSPS) is 21.2. The lowest BCUT2D eigenvalue weighted by Crippen LogP contribution is -2.36. The minimum absolute atomic E-state index is 0.442. The molecule has 0 spiro atoms. The van der Waals surface area contributed by atoms with Gasteiger partial charge in [0.15, 0.2) is 0 Å². The van der Waals surface area contributed by atoms with Crippen LogP contribution in [0.25, 0.3) is 0 Å². The molecule has 3 rings (SSSR count). The van der Waals surface area contributed by atoms with E-state index in [0.717, 1.165) is 24.2 Å². The molecule has 1 heterocycles. The Labute approximate surface area is 113 Å². The molecule has 98 valence electrons. The number of aromatic nitrogens is 1. The second kappa shape index (κ2) is 4.35. The predicted octanol–water partition coefficient (Wildman–Crippen LogP) is 2.55. The van der Waals surface area contributed by atoms with Crippen LogP contribution in [0, 0.1) is 6.92 Å². The van der Waals surface area contributed by atoms with Crippen LogP contribution in [0.1, 0.15) is 28.7 Å². The maximum absolute atomic E-state index is 6.72. The summed E-state index contributed by atoms with van der Waals surface area (Å²) >= 11 is 0. The molecular weight excluding hydrogens is 236 g/mol. The largest absolute Gasteiger partial charge is 0.497 e. The molecule has 1 aromatic heterocycles. The van der Waals surface area contributed by atoms with E-state index in [4.69, 9.17) is 10.5 Å². The monoisotopic (exact) mass is 254 g/mol. The Balaban J connectivity index is 2.17. The van der Waals surface area contributed by atoms with E-state index >= 15 is 0 Å². The van der Waals surface area contributed by atoms with Gasteiger partial charge in [-0.3, -0.25) is 4.98 Å². The van der Waals surface area contributed by atoms with E-state index in [9.17, 15) is 0 Å². The molecule has 1 aliphatic carbocycles. The van der Waals surface area contributed by atoms with Crippen LogP contribution in [0.2, 0.25) is 0 Å². The average molecular weight is 254 g/mol. The number of hydrogen-bond donors (Lipinski definition) is 1. The van der Waals surface area contributed by atoms with Gasteiger partial charge in [-0.1, -0.05) is 6.07 Å². The van der Waals surface area contributed by atoms with Gasteiger partial charge in [0, 0.05) is 12.4 Å². The van der Waals surface area contributed by atoms with Gasteiger partial charge in [0.1, 0.15) is 5.75 Å². The van der Waals surface area contributed by atoms with Crippen LogP contribution in [-0.4, -0.2) is 12.1 Å². The van der Waals surface area contributed by atoms with Gasteiger partial charge in [-0.25, -0.2) is 0 Å². The molecule has 19 heavy (non-hydrogen) atoms. The second-order valence-corrected chi connectivity index (χ2v) is 5.19. The molecule has 1 atom stereocenters. The molecule has 3 nitrogen and oxygen atoms in total. The number of nitrogens with zero attached hydrogens (tertiary/aromatic N) is 1. The van der Waals surface area contributed by atoms with E-state index in [-0.39, 0.29) is 0 Å². The lowest BCUT2D eigenvalue weighted by Gasteiger charge is -2.27. The van der Waals surface area contributed by atoms with Crippen molar-refractivity contribution in [3.05, 3.63) is 58.9 Å². The van der Waals surface area contributed by atoms with Gasteiger partial charge in [-0.15, -0.1) is 0 Å². The van der Waals surface area contributed by atoms with Gasteiger partial charge < -0.3 is 10.5 Å². The Bertz CT molecular complexity index is 624. The van der Waals surface area contributed by atoms with Crippen molar-refractivity contribution < 1.29 is 4.74 Å². The highest BCUT2D eigenvalue weighted by Gasteiger charge is 2.38. The lowest BCUT2D eigenvalue weighted by atomic mass is 9.84. The molecule has 2 aromatic rings. The molecule has 1 aromatic carbocycles. The zero-order valence-electron chi connectivity index (χ0n) is 11.3. The summed E-state index contributed by atoms with van der Waals surface area (Å²) in [6.07, 6.45) is 5.62. The fourth-order valence-electron chi connectivity index (χ4n) is 2.99. The first-order chi connectivity index (χ1) is 9.15. The number of nitrogens with two attached hydrogens (primary N) is 1. The third-order valence-electron chi connectivity index (χ3n) is 4.11. The van der Waals surface area contributed by atoms with Crippen molar-refractivity contribution in [1.29, 1.82) is 0 Å². The van der Waals surface area contributed by atoms with Gasteiger partial charge in [-0.2, -0.15) is 0 Å². The molecule has 0 bridgehead atoms. The van der Waals surface area contributed by atoms with E-state index in [2.05, 4.69) is 24.0 Å². The molecule has 0 saturated heterocycles. The van der Waals surface area contributed by atoms with Crippen molar-refractivity contribution in [1.82, 2.24) is 4.98 Å². The first-order valence-corrected chi connectivity index (χ1v) is 6.52. The molecule has 1 unspecified atom stereocenters. The van der Waals surface area contributed by atoms with Gasteiger partial charge in [0.2, 0.25) is 0 Å². The quantitative estimate of drug-likeness (QED) is 0.896. The van der Waals surface area contributed by atoms with Crippen LogP contribution in [-0.2, 0) is 12.0 Å². The summed E-state index contributed by atoms with van der Waals surface area (Å²) in [6, 6.07) is 8.20. The summed E-state index contributed by atoms with van der Waals surface area (Å²) < 4.78 is 5.33. The zero-order chi connectivity index (χ0) is 13.5. The summed E-state index contributed by atoms with van der Waals surface area (Å²) in [7, 11) is 1.68.